The fraction of sp³-hybridized carbons (Fsp3) is 0.176. The quantitative estimate of drug-likeness (QED) is 0.435. The highest BCUT2D eigenvalue weighted by Gasteiger charge is 2.11. The lowest BCUT2D eigenvalue weighted by molar-refractivity contribution is -0.384. The van der Waals surface area contributed by atoms with Crippen LogP contribution in [0.1, 0.15) is 0 Å². The van der Waals surface area contributed by atoms with E-state index in [-0.39, 0.29) is 11.4 Å². The zero-order valence-corrected chi connectivity index (χ0v) is 13.8. The van der Waals surface area contributed by atoms with Crippen LogP contribution in [0.4, 0.5) is 11.4 Å². The summed E-state index contributed by atoms with van der Waals surface area (Å²) in [5.41, 5.74) is 0.367. The summed E-state index contributed by atoms with van der Waals surface area (Å²) in [5, 5.41) is 13.1. The second-order valence-corrected chi connectivity index (χ2v) is 4.95. The van der Waals surface area contributed by atoms with Gasteiger partial charge in [-0.3, -0.25) is 14.9 Å². The van der Waals surface area contributed by atoms with Crippen LogP contribution in [0.3, 0.4) is 0 Å². The zero-order chi connectivity index (χ0) is 18.9. The van der Waals surface area contributed by atoms with Crippen LogP contribution in [0.5, 0.6) is 11.5 Å². The normalized spacial score (nSPS) is 9.88. The van der Waals surface area contributed by atoms with Crippen molar-refractivity contribution in [3.05, 3.63) is 58.6 Å². The van der Waals surface area contributed by atoms with Gasteiger partial charge in [-0.05, 0) is 24.3 Å². The van der Waals surface area contributed by atoms with Crippen molar-refractivity contribution in [1.29, 1.82) is 0 Å². The van der Waals surface area contributed by atoms with Crippen LogP contribution in [0.2, 0.25) is 0 Å². The number of nitrogens with zero attached hydrogens (tertiary/aromatic N) is 1. The van der Waals surface area contributed by atoms with Crippen LogP contribution in [0.25, 0.3) is 0 Å². The molecule has 0 bridgehead atoms. The molecule has 1 amide bonds. The molecule has 2 rings (SSSR count). The van der Waals surface area contributed by atoms with Gasteiger partial charge in [0.2, 0.25) is 0 Å². The predicted octanol–water partition coefficient (Wildman–Crippen LogP) is 2.16. The highest BCUT2D eigenvalue weighted by molar-refractivity contribution is 5.94. The van der Waals surface area contributed by atoms with Gasteiger partial charge in [0.1, 0.15) is 11.5 Å². The maximum atomic E-state index is 11.8. The van der Waals surface area contributed by atoms with Crippen molar-refractivity contribution in [1.82, 2.24) is 0 Å². The minimum atomic E-state index is -0.751. The molecule has 0 unspecified atom stereocenters. The van der Waals surface area contributed by atoms with Gasteiger partial charge in [-0.2, -0.15) is 0 Å². The molecule has 0 saturated carbocycles. The molecule has 0 aliphatic rings. The first-order chi connectivity index (χ1) is 12.5. The minimum Gasteiger partial charge on any atom is -0.495 e. The number of benzene rings is 2. The average molecular weight is 360 g/mol. The molecule has 0 atom stereocenters. The number of ether oxygens (including phenoxy) is 3. The smallest absolute Gasteiger partial charge is 0.344 e. The van der Waals surface area contributed by atoms with Crippen LogP contribution in [-0.2, 0) is 14.3 Å². The molecule has 0 aliphatic carbocycles. The molecule has 136 valence electrons. The molecule has 9 nitrogen and oxygen atoms in total. The third-order valence-electron chi connectivity index (χ3n) is 3.15. The summed E-state index contributed by atoms with van der Waals surface area (Å²) in [7, 11) is 1.47. The van der Waals surface area contributed by atoms with E-state index in [1.165, 1.54) is 31.4 Å². The van der Waals surface area contributed by atoms with E-state index < -0.39 is 30.0 Å². The van der Waals surface area contributed by atoms with Crippen molar-refractivity contribution in [2.75, 3.05) is 25.6 Å². The summed E-state index contributed by atoms with van der Waals surface area (Å²) in [6, 6.07) is 12.0. The second kappa shape index (κ2) is 9.02. The van der Waals surface area contributed by atoms with Gasteiger partial charge in [-0.15, -0.1) is 0 Å². The van der Waals surface area contributed by atoms with Crippen LogP contribution < -0.4 is 14.8 Å². The number of methoxy groups -OCH3 is 1. The number of para-hydroxylation sites is 2. The van der Waals surface area contributed by atoms with Crippen molar-refractivity contribution < 1.29 is 28.7 Å². The maximum Gasteiger partial charge on any atom is 0.344 e. The number of carbonyl (C=O) groups is 2. The number of non-ortho nitro benzene ring substituents is 1. The van der Waals surface area contributed by atoms with E-state index in [0.717, 1.165) is 0 Å². The Kier molecular flexibility index (Phi) is 6.49. The summed E-state index contributed by atoms with van der Waals surface area (Å²) in [6.45, 7) is -0.916. The van der Waals surface area contributed by atoms with E-state index >= 15 is 0 Å². The highest BCUT2D eigenvalue weighted by Crippen LogP contribution is 2.22. The van der Waals surface area contributed by atoms with Crippen molar-refractivity contribution in [3.63, 3.8) is 0 Å². The Hall–Kier alpha value is -3.62. The molecule has 0 radical (unpaired) electrons. The predicted molar refractivity (Wildman–Crippen MR) is 91.2 cm³/mol. The first-order valence-electron chi connectivity index (χ1n) is 7.45. The number of esters is 1. The molecule has 0 saturated heterocycles. The van der Waals surface area contributed by atoms with Crippen LogP contribution in [0.15, 0.2) is 48.5 Å². The number of nitrogens with one attached hydrogen (secondary N) is 1. The molecule has 0 fully saturated rings. The summed E-state index contributed by atoms with van der Waals surface area (Å²) in [6.07, 6.45) is 0. The average Bonchev–Trinajstić information content (AvgIpc) is 2.65. The molecule has 0 aromatic heterocycles. The Bertz CT molecular complexity index is 790. The number of anilines is 1. The Balaban J connectivity index is 1.75. The van der Waals surface area contributed by atoms with Gasteiger partial charge in [0, 0.05) is 12.1 Å². The largest absolute Gasteiger partial charge is 0.495 e. The zero-order valence-electron chi connectivity index (χ0n) is 13.8. The second-order valence-electron chi connectivity index (χ2n) is 4.95. The topological polar surface area (TPSA) is 117 Å². The molecule has 2 aromatic carbocycles. The van der Waals surface area contributed by atoms with E-state index in [9.17, 15) is 19.7 Å². The first-order valence-corrected chi connectivity index (χ1v) is 7.45. The Morgan fingerprint density at radius 2 is 1.77 bits per heavy atom. The number of hydrogen-bond donors (Lipinski definition) is 1. The Morgan fingerprint density at radius 1 is 1.08 bits per heavy atom. The van der Waals surface area contributed by atoms with Gasteiger partial charge in [-0.1, -0.05) is 12.1 Å². The van der Waals surface area contributed by atoms with Gasteiger partial charge < -0.3 is 19.5 Å². The van der Waals surface area contributed by atoms with Crippen LogP contribution in [0, 0.1) is 10.1 Å². The molecule has 0 heterocycles. The molecular formula is C17H16N2O7. The summed E-state index contributed by atoms with van der Waals surface area (Å²) in [4.78, 5) is 33.4. The van der Waals surface area contributed by atoms with Gasteiger partial charge in [0.25, 0.3) is 11.6 Å². The number of hydrogen-bond acceptors (Lipinski definition) is 7. The number of nitro groups is 1. The van der Waals surface area contributed by atoms with Crippen molar-refractivity contribution in [2.45, 2.75) is 0 Å². The molecule has 26 heavy (non-hydrogen) atoms. The number of amides is 1. The molecular weight excluding hydrogens is 344 g/mol. The summed E-state index contributed by atoms with van der Waals surface area (Å²) < 4.78 is 15.0. The number of carbonyl (C=O) groups excluding carboxylic acids is 2. The van der Waals surface area contributed by atoms with E-state index in [2.05, 4.69) is 5.32 Å². The van der Waals surface area contributed by atoms with Crippen LogP contribution in [-0.4, -0.2) is 37.1 Å². The van der Waals surface area contributed by atoms with Crippen molar-refractivity contribution in [2.24, 2.45) is 0 Å². The molecule has 0 spiro atoms. The van der Waals surface area contributed by atoms with Gasteiger partial charge >= 0.3 is 5.97 Å². The fourth-order valence-electron chi connectivity index (χ4n) is 1.93. The summed E-state index contributed by atoms with van der Waals surface area (Å²) in [5.74, 6) is -0.531. The standard InChI is InChI=1S/C17H16N2O7/c1-24-15-5-3-2-4-14(15)18-16(20)10-26-17(21)11-25-13-8-6-12(7-9-13)19(22)23/h2-9H,10-11H2,1H3,(H,18,20). The minimum absolute atomic E-state index is 0.0899. The number of rotatable bonds is 8. The molecule has 0 aliphatic heterocycles. The van der Waals surface area contributed by atoms with E-state index in [4.69, 9.17) is 14.2 Å². The lowest BCUT2D eigenvalue weighted by atomic mass is 10.3. The van der Waals surface area contributed by atoms with Gasteiger partial charge in [0.15, 0.2) is 13.2 Å². The highest BCUT2D eigenvalue weighted by atomic mass is 16.6. The monoisotopic (exact) mass is 360 g/mol. The van der Waals surface area contributed by atoms with E-state index in [1.54, 1.807) is 24.3 Å². The summed E-state index contributed by atoms with van der Waals surface area (Å²) >= 11 is 0. The molecule has 1 N–H and O–H groups in total. The SMILES string of the molecule is COc1ccccc1NC(=O)COC(=O)COc1ccc([N+](=O)[O-])cc1. The number of nitro benzene ring substituents is 1. The third kappa shape index (κ3) is 5.48. The van der Waals surface area contributed by atoms with Gasteiger partial charge in [-0.25, -0.2) is 4.79 Å². The Morgan fingerprint density at radius 3 is 2.42 bits per heavy atom. The lowest BCUT2D eigenvalue weighted by Crippen LogP contribution is -2.23. The fourth-order valence-corrected chi connectivity index (χ4v) is 1.93. The van der Waals surface area contributed by atoms with Gasteiger partial charge in [0.05, 0.1) is 17.7 Å². The first kappa shape index (κ1) is 18.7. The lowest BCUT2D eigenvalue weighted by Gasteiger charge is -2.10. The van der Waals surface area contributed by atoms with Crippen LogP contribution >= 0.6 is 0 Å². The Labute approximate surface area is 148 Å². The third-order valence-corrected chi connectivity index (χ3v) is 3.15. The van der Waals surface area contributed by atoms with E-state index in [1.807, 2.05) is 0 Å². The molecule has 2 aromatic rings. The molecule has 9 heteroatoms. The maximum absolute atomic E-state index is 11.8. The van der Waals surface area contributed by atoms with Crippen molar-refractivity contribution >= 4 is 23.3 Å². The van der Waals surface area contributed by atoms with Crippen molar-refractivity contribution in [3.8, 4) is 11.5 Å². The van der Waals surface area contributed by atoms with E-state index in [0.29, 0.717) is 11.4 Å².